The summed E-state index contributed by atoms with van der Waals surface area (Å²) in [6.45, 7) is 4.05. The lowest BCUT2D eigenvalue weighted by atomic mass is 9.98. The van der Waals surface area contributed by atoms with Crippen molar-refractivity contribution >= 4 is 21.8 Å². The van der Waals surface area contributed by atoms with Gasteiger partial charge in [0.1, 0.15) is 0 Å². The van der Waals surface area contributed by atoms with Crippen molar-refractivity contribution in [3.05, 3.63) is 0 Å². The third kappa shape index (κ3) is 3.18. The molecule has 0 saturated heterocycles. The quantitative estimate of drug-likeness (QED) is 0.771. The maximum atomic E-state index is 11.8. The predicted octanol–water partition coefficient (Wildman–Crippen LogP) is 1.83. The standard InChI is InChI=1S/C11H20BrNO2/c1-8(2)9(12)10(15)13-11(7-14)5-3-4-6-11/h8-9,14H,3-7H2,1-2H3,(H,13,15). The zero-order valence-electron chi connectivity index (χ0n) is 9.42. The molecule has 88 valence electrons. The summed E-state index contributed by atoms with van der Waals surface area (Å²) in [6.07, 6.45) is 3.98. The molecule has 1 amide bonds. The Bertz CT molecular complexity index is 225. The zero-order chi connectivity index (χ0) is 11.5. The second-order valence-corrected chi connectivity index (χ2v) is 5.77. The molecule has 1 atom stereocenters. The van der Waals surface area contributed by atoms with E-state index in [1.54, 1.807) is 0 Å². The van der Waals surface area contributed by atoms with Crippen molar-refractivity contribution in [2.24, 2.45) is 5.92 Å². The van der Waals surface area contributed by atoms with Gasteiger partial charge in [0.25, 0.3) is 0 Å². The molecule has 0 aliphatic heterocycles. The molecule has 0 bridgehead atoms. The lowest BCUT2D eigenvalue weighted by Gasteiger charge is -2.29. The maximum absolute atomic E-state index is 11.8. The van der Waals surface area contributed by atoms with Gasteiger partial charge in [-0.3, -0.25) is 4.79 Å². The molecule has 15 heavy (non-hydrogen) atoms. The van der Waals surface area contributed by atoms with E-state index in [4.69, 9.17) is 0 Å². The van der Waals surface area contributed by atoms with Gasteiger partial charge in [-0.25, -0.2) is 0 Å². The van der Waals surface area contributed by atoms with Gasteiger partial charge >= 0.3 is 0 Å². The second-order valence-electron chi connectivity index (χ2n) is 4.78. The van der Waals surface area contributed by atoms with Crippen LogP contribution in [0.4, 0.5) is 0 Å². The molecule has 3 nitrogen and oxygen atoms in total. The van der Waals surface area contributed by atoms with Gasteiger partial charge in [0, 0.05) is 0 Å². The van der Waals surface area contributed by atoms with E-state index in [2.05, 4.69) is 21.2 Å². The van der Waals surface area contributed by atoms with E-state index in [9.17, 15) is 9.90 Å². The molecule has 0 radical (unpaired) electrons. The Kier molecular flexibility index (Phi) is 4.59. The van der Waals surface area contributed by atoms with Crippen molar-refractivity contribution in [3.63, 3.8) is 0 Å². The molecule has 2 N–H and O–H groups in total. The summed E-state index contributed by atoms with van der Waals surface area (Å²) in [4.78, 5) is 11.7. The van der Waals surface area contributed by atoms with Crippen molar-refractivity contribution in [1.82, 2.24) is 5.32 Å². The van der Waals surface area contributed by atoms with E-state index in [0.29, 0.717) is 0 Å². The van der Waals surface area contributed by atoms with Crippen LogP contribution in [0.1, 0.15) is 39.5 Å². The number of carbonyl (C=O) groups is 1. The average Bonchev–Trinajstić information content (AvgIpc) is 2.65. The number of hydrogen-bond donors (Lipinski definition) is 2. The normalized spacial score (nSPS) is 21.7. The summed E-state index contributed by atoms with van der Waals surface area (Å²) >= 11 is 3.37. The van der Waals surface area contributed by atoms with E-state index < -0.39 is 0 Å². The third-order valence-corrected chi connectivity index (χ3v) is 4.56. The Hall–Kier alpha value is -0.0900. The Morgan fingerprint density at radius 3 is 2.40 bits per heavy atom. The van der Waals surface area contributed by atoms with Crippen molar-refractivity contribution in [3.8, 4) is 0 Å². The van der Waals surface area contributed by atoms with Crippen molar-refractivity contribution < 1.29 is 9.90 Å². The van der Waals surface area contributed by atoms with Crippen LogP contribution in [0.2, 0.25) is 0 Å². The first-order valence-electron chi connectivity index (χ1n) is 5.58. The molecule has 0 spiro atoms. The van der Waals surface area contributed by atoms with Crippen LogP contribution < -0.4 is 5.32 Å². The lowest BCUT2D eigenvalue weighted by Crippen LogP contribution is -2.52. The summed E-state index contributed by atoms with van der Waals surface area (Å²) < 4.78 is 0. The first kappa shape index (κ1) is 13.0. The molecule has 0 aromatic heterocycles. The van der Waals surface area contributed by atoms with E-state index in [1.807, 2.05) is 13.8 Å². The SMILES string of the molecule is CC(C)C(Br)C(=O)NC1(CO)CCCC1. The summed E-state index contributed by atoms with van der Waals surface area (Å²) in [5.41, 5.74) is -0.349. The molecular weight excluding hydrogens is 258 g/mol. The van der Waals surface area contributed by atoms with Gasteiger partial charge < -0.3 is 10.4 Å². The Balaban J connectivity index is 2.55. The number of amides is 1. The van der Waals surface area contributed by atoms with Crippen LogP contribution in [-0.4, -0.2) is 28.0 Å². The van der Waals surface area contributed by atoms with Crippen molar-refractivity contribution in [2.75, 3.05) is 6.61 Å². The van der Waals surface area contributed by atoms with Crippen LogP contribution in [0, 0.1) is 5.92 Å². The molecule has 4 heteroatoms. The number of alkyl halides is 1. The zero-order valence-corrected chi connectivity index (χ0v) is 11.0. The molecule has 0 aromatic carbocycles. The number of halogens is 1. The van der Waals surface area contributed by atoms with E-state index >= 15 is 0 Å². The van der Waals surface area contributed by atoms with E-state index in [-0.39, 0.29) is 28.8 Å². The minimum absolute atomic E-state index is 0.000880. The largest absolute Gasteiger partial charge is 0.394 e. The van der Waals surface area contributed by atoms with Crippen LogP contribution in [0.25, 0.3) is 0 Å². The minimum Gasteiger partial charge on any atom is -0.394 e. The summed E-state index contributed by atoms with van der Waals surface area (Å²) in [7, 11) is 0. The molecule has 0 heterocycles. The van der Waals surface area contributed by atoms with Gasteiger partial charge in [-0.2, -0.15) is 0 Å². The van der Waals surface area contributed by atoms with E-state index in [0.717, 1.165) is 25.7 Å². The molecular formula is C11H20BrNO2. The van der Waals surface area contributed by atoms with E-state index in [1.165, 1.54) is 0 Å². The topological polar surface area (TPSA) is 49.3 Å². The highest BCUT2D eigenvalue weighted by molar-refractivity contribution is 9.10. The number of aliphatic hydroxyl groups excluding tert-OH is 1. The van der Waals surface area contributed by atoms with Gasteiger partial charge in [-0.15, -0.1) is 0 Å². The molecule has 1 saturated carbocycles. The third-order valence-electron chi connectivity index (χ3n) is 3.09. The minimum atomic E-state index is -0.349. The molecule has 0 aromatic rings. The van der Waals surface area contributed by atoms with Gasteiger partial charge in [-0.05, 0) is 18.8 Å². The van der Waals surface area contributed by atoms with Gasteiger partial charge in [0.2, 0.25) is 5.91 Å². The van der Waals surface area contributed by atoms with Crippen LogP contribution in [-0.2, 0) is 4.79 Å². The first-order valence-corrected chi connectivity index (χ1v) is 6.49. The Labute approximate surface area is 99.8 Å². The van der Waals surface area contributed by atoms with Gasteiger partial charge in [0.05, 0.1) is 17.0 Å². The van der Waals surface area contributed by atoms with Crippen LogP contribution in [0.3, 0.4) is 0 Å². The number of carbonyl (C=O) groups excluding carboxylic acids is 1. The maximum Gasteiger partial charge on any atom is 0.234 e. The number of nitrogens with one attached hydrogen (secondary N) is 1. The number of rotatable bonds is 4. The van der Waals surface area contributed by atoms with Crippen molar-refractivity contribution in [1.29, 1.82) is 0 Å². The second kappa shape index (κ2) is 5.30. The fourth-order valence-electron chi connectivity index (χ4n) is 2.01. The molecule has 1 fully saturated rings. The predicted molar refractivity (Wildman–Crippen MR) is 64.0 cm³/mol. The Morgan fingerprint density at radius 2 is 2.00 bits per heavy atom. The lowest BCUT2D eigenvalue weighted by molar-refractivity contribution is -0.123. The average molecular weight is 278 g/mol. The van der Waals surface area contributed by atoms with Crippen molar-refractivity contribution in [2.45, 2.75) is 49.9 Å². The fourth-order valence-corrected chi connectivity index (χ4v) is 2.12. The summed E-state index contributed by atoms with van der Waals surface area (Å²) in [6, 6.07) is 0. The monoisotopic (exact) mass is 277 g/mol. The number of hydrogen-bond acceptors (Lipinski definition) is 2. The van der Waals surface area contributed by atoms with Crippen LogP contribution in [0.15, 0.2) is 0 Å². The molecule has 1 aliphatic carbocycles. The van der Waals surface area contributed by atoms with Gasteiger partial charge in [0.15, 0.2) is 0 Å². The van der Waals surface area contributed by atoms with Crippen LogP contribution in [0.5, 0.6) is 0 Å². The highest BCUT2D eigenvalue weighted by atomic mass is 79.9. The highest BCUT2D eigenvalue weighted by Crippen LogP contribution is 2.29. The number of aliphatic hydroxyl groups is 1. The molecule has 1 unspecified atom stereocenters. The fraction of sp³-hybridized carbons (Fsp3) is 0.909. The molecule has 1 aliphatic rings. The van der Waals surface area contributed by atoms with Crippen LogP contribution >= 0.6 is 15.9 Å². The first-order chi connectivity index (χ1) is 7.01. The summed E-state index contributed by atoms with van der Waals surface area (Å²) in [5.74, 6) is 0.267. The van der Waals surface area contributed by atoms with Gasteiger partial charge in [-0.1, -0.05) is 42.6 Å². The molecule has 1 rings (SSSR count). The smallest absolute Gasteiger partial charge is 0.234 e. The Morgan fingerprint density at radius 1 is 1.47 bits per heavy atom. The summed E-state index contributed by atoms with van der Waals surface area (Å²) in [5, 5.41) is 12.3. The highest BCUT2D eigenvalue weighted by Gasteiger charge is 2.36.